The van der Waals surface area contributed by atoms with Gasteiger partial charge in [0.2, 0.25) is 5.91 Å². The van der Waals surface area contributed by atoms with E-state index in [9.17, 15) is 9.59 Å². The number of methoxy groups -OCH3 is 1. The second kappa shape index (κ2) is 6.01. The summed E-state index contributed by atoms with van der Waals surface area (Å²) in [6, 6.07) is 9.99. The lowest BCUT2D eigenvalue weighted by Gasteiger charge is -2.08. The van der Waals surface area contributed by atoms with Crippen molar-refractivity contribution in [1.82, 2.24) is 9.78 Å². The van der Waals surface area contributed by atoms with Crippen molar-refractivity contribution in [2.24, 2.45) is 0 Å². The molecule has 0 radical (unpaired) electrons. The highest BCUT2D eigenvalue weighted by molar-refractivity contribution is 5.90. The Labute approximate surface area is 116 Å². The molecule has 1 aromatic heterocycles. The first-order valence-corrected chi connectivity index (χ1v) is 6.07. The van der Waals surface area contributed by atoms with Crippen molar-refractivity contribution in [2.75, 3.05) is 12.4 Å². The number of nitrogens with zero attached hydrogens (tertiary/aromatic N) is 2. The summed E-state index contributed by atoms with van der Waals surface area (Å²) in [5, 5.41) is 6.70. The molecule has 2 rings (SSSR count). The molecule has 1 aromatic carbocycles. The number of carbonyl (C=O) groups excluding carboxylic acids is 1. The smallest absolute Gasteiger partial charge is 0.267 e. The molecule has 1 N–H and O–H groups in total. The molecule has 0 aliphatic carbocycles. The molecule has 0 bridgehead atoms. The van der Waals surface area contributed by atoms with Crippen molar-refractivity contribution < 1.29 is 9.53 Å². The van der Waals surface area contributed by atoms with Gasteiger partial charge in [0.25, 0.3) is 5.56 Å². The van der Waals surface area contributed by atoms with Crippen LogP contribution in [0.15, 0.2) is 41.2 Å². The fourth-order valence-corrected chi connectivity index (χ4v) is 1.70. The van der Waals surface area contributed by atoms with Gasteiger partial charge in [-0.3, -0.25) is 9.59 Å². The molecule has 0 aliphatic heterocycles. The molecule has 1 amide bonds. The number of anilines is 1. The maximum Gasteiger partial charge on any atom is 0.267 e. The number of ether oxygens (including phenoxy) is 1. The summed E-state index contributed by atoms with van der Waals surface area (Å²) in [7, 11) is 1.55. The normalized spacial score (nSPS) is 10.1. The van der Waals surface area contributed by atoms with Crippen molar-refractivity contribution in [3.8, 4) is 5.75 Å². The number of nitrogens with one attached hydrogen (secondary N) is 1. The second-order valence-electron chi connectivity index (χ2n) is 4.25. The van der Waals surface area contributed by atoms with Gasteiger partial charge in [-0.15, -0.1) is 0 Å². The van der Waals surface area contributed by atoms with Crippen molar-refractivity contribution in [1.29, 1.82) is 0 Å². The monoisotopic (exact) mass is 273 g/mol. The lowest BCUT2D eigenvalue weighted by atomic mass is 10.3. The van der Waals surface area contributed by atoms with Crippen LogP contribution in [0.2, 0.25) is 0 Å². The summed E-state index contributed by atoms with van der Waals surface area (Å²) in [5.74, 6) is 0.326. The van der Waals surface area contributed by atoms with Gasteiger partial charge in [-0.25, -0.2) is 4.68 Å². The standard InChI is InChI=1S/C14H15N3O3/c1-10-6-7-14(19)17(16-10)9-13(18)15-11-4-3-5-12(8-11)20-2/h3-8H,9H2,1-2H3,(H,15,18). The van der Waals surface area contributed by atoms with Crippen molar-refractivity contribution in [3.05, 3.63) is 52.4 Å². The first kappa shape index (κ1) is 13.8. The average Bonchev–Trinajstić information content (AvgIpc) is 2.43. The summed E-state index contributed by atoms with van der Waals surface area (Å²) in [6.07, 6.45) is 0. The van der Waals surface area contributed by atoms with Crippen LogP contribution in [0.5, 0.6) is 5.75 Å². The van der Waals surface area contributed by atoms with E-state index in [4.69, 9.17) is 4.74 Å². The highest BCUT2D eigenvalue weighted by atomic mass is 16.5. The van der Waals surface area contributed by atoms with E-state index in [0.717, 1.165) is 4.68 Å². The average molecular weight is 273 g/mol. The Balaban J connectivity index is 2.09. The molecular weight excluding hydrogens is 258 g/mol. The number of benzene rings is 1. The molecule has 6 nitrogen and oxygen atoms in total. The van der Waals surface area contributed by atoms with E-state index in [1.165, 1.54) is 6.07 Å². The van der Waals surface area contributed by atoms with Gasteiger partial charge in [0, 0.05) is 17.8 Å². The molecule has 1 heterocycles. The molecule has 2 aromatic rings. The molecule has 0 spiro atoms. The van der Waals surface area contributed by atoms with E-state index in [2.05, 4.69) is 10.4 Å². The summed E-state index contributed by atoms with van der Waals surface area (Å²) in [5.41, 5.74) is 0.977. The van der Waals surface area contributed by atoms with Gasteiger partial charge in [-0.05, 0) is 25.1 Å². The highest BCUT2D eigenvalue weighted by Crippen LogP contribution is 2.16. The molecular formula is C14H15N3O3. The maximum atomic E-state index is 11.9. The van der Waals surface area contributed by atoms with Crippen LogP contribution >= 0.6 is 0 Å². The number of rotatable bonds is 4. The number of hydrogen-bond donors (Lipinski definition) is 1. The fraction of sp³-hybridized carbons (Fsp3) is 0.214. The van der Waals surface area contributed by atoms with Crippen LogP contribution in [0.1, 0.15) is 5.69 Å². The first-order valence-electron chi connectivity index (χ1n) is 6.07. The molecule has 20 heavy (non-hydrogen) atoms. The lowest BCUT2D eigenvalue weighted by molar-refractivity contribution is -0.117. The topological polar surface area (TPSA) is 73.2 Å². The van der Waals surface area contributed by atoms with Crippen molar-refractivity contribution >= 4 is 11.6 Å². The Bertz CT molecular complexity index is 679. The van der Waals surface area contributed by atoms with Gasteiger partial charge in [0.15, 0.2) is 0 Å². The third kappa shape index (κ3) is 3.44. The molecule has 0 fully saturated rings. The van der Waals surface area contributed by atoms with E-state index in [0.29, 0.717) is 17.1 Å². The zero-order valence-corrected chi connectivity index (χ0v) is 11.3. The van der Waals surface area contributed by atoms with Gasteiger partial charge in [-0.1, -0.05) is 6.07 Å². The zero-order chi connectivity index (χ0) is 14.5. The Hall–Kier alpha value is -2.63. The summed E-state index contributed by atoms with van der Waals surface area (Å²) in [6.45, 7) is 1.63. The summed E-state index contributed by atoms with van der Waals surface area (Å²) >= 11 is 0. The van der Waals surface area contributed by atoms with Crippen LogP contribution in [0.25, 0.3) is 0 Å². The van der Waals surface area contributed by atoms with Crippen LogP contribution in [-0.4, -0.2) is 22.8 Å². The van der Waals surface area contributed by atoms with Crippen molar-refractivity contribution in [3.63, 3.8) is 0 Å². The minimum Gasteiger partial charge on any atom is -0.497 e. The lowest BCUT2D eigenvalue weighted by Crippen LogP contribution is -2.29. The van der Waals surface area contributed by atoms with Crippen LogP contribution < -0.4 is 15.6 Å². The number of hydrogen-bond acceptors (Lipinski definition) is 4. The fourth-order valence-electron chi connectivity index (χ4n) is 1.70. The molecule has 104 valence electrons. The number of carbonyl (C=O) groups is 1. The van der Waals surface area contributed by atoms with Gasteiger partial charge in [0.05, 0.1) is 12.8 Å². The Morgan fingerprint density at radius 2 is 2.15 bits per heavy atom. The second-order valence-corrected chi connectivity index (χ2v) is 4.25. The third-order valence-electron chi connectivity index (χ3n) is 2.65. The third-order valence-corrected chi connectivity index (χ3v) is 2.65. The van der Waals surface area contributed by atoms with E-state index < -0.39 is 0 Å². The van der Waals surface area contributed by atoms with E-state index in [1.54, 1.807) is 44.4 Å². The van der Waals surface area contributed by atoms with Crippen LogP contribution in [0.4, 0.5) is 5.69 Å². The molecule has 0 atom stereocenters. The van der Waals surface area contributed by atoms with E-state index >= 15 is 0 Å². The molecule has 0 aliphatic rings. The number of aryl methyl sites for hydroxylation is 1. The summed E-state index contributed by atoms with van der Waals surface area (Å²) in [4.78, 5) is 23.5. The molecule has 0 saturated carbocycles. The van der Waals surface area contributed by atoms with Gasteiger partial charge < -0.3 is 10.1 Å². The van der Waals surface area contributed by atoms with E-state index in [-0.39, 0.29) is 18.0 Å². The van der Waals surface area contributed by atoms with Gasteiger partial charge >= 0.3 is 0 Å². The predicted octanol–water partition coefficient (Wildman–Crippen LogP) is 1.20. The maximum absolute atomic E-state index is 11.9. The first-order chi connectivity index (χ1) is 9.58. The Morgan fingerprint density at radius 3 is 2.90 bits per heavy atom. The SMILES string of the molecule is COc1cccc(NC(=O)Cn2nc(C)ccc2=O)c1. The van der Waals surface area contributed by atoms with E-state index in [1.807, 2.05) is 0 Å². The quantitative estimate of drug-likeness (QED) is 0.908. The van der Waals surface area contributed by atoms with Crippen LogP contribution in [0.3, 0.4) is 0 Å². The molecule has 6 heteroatoms. The van der Waals surface area contributed by atoms with Crippen LogP contribution in [-0.2, 0) is 11.3 Å². The number of aromatic nitrogens is 2. The van der Waals surface area contributed by atoms with Crippen molar-refractivity contribution in [2.45, 2.75) is 13.5 Å². The van der Waals surface area contributed by atoms with Gasteiger partial charge in [0.1, 0.15) is 12.3 Å². The molecule has 0 saturated heterocycles. The number of amides is 1. The highest BCUT2D eigenvalue weighted by Gasteiger charge is 2.07. The van der Waals surface area contributed by atoms with Crippen LogP contribution in [0, 0.1) is 6.92 Å². The summed E-state index contributed by atoms with van der Waals surface area (Å²) < 4.78 is 6.20. The minimum absolute atomic E-state index is 0.127. The Kier molecular flexibility index (Phi) is 4.14. The molecule has 0 unspecified atom stereocenters. The van der Waals surface area contributed by atoms with Gasteiger partial charge in [-0.2, -0.15) is 5.10 Å². The largest absolute Gasteiger partial charge is 0.497 e. The minimum atomic E-state index is -0.321. The predicted molar refractivity (Wildman–Crippen MR) is 74.9 cm³/mol. The zero-order valence-electron chi connectivity index (χ0n) is 11.3. The Morgan fingerprint density at radius 1 is 1.35 bits per heavy atom.